The Morgan fingerprint density at radius 1 is 1.00 bits per heavy atom. The van der Waals surface area contributed by atoms with Gasteiger partial charge < -0.3 is 14.4 Å². The van der Waals surface area contributed by atoms with E-state index in [0.29, 0.717) is 13.0 Å². The fourth-order valence-electron chi connectivity index (χ4n) is 5.06. The van der Waals surface area contributed by atoms with Crippen molar-refractivity contribution in [1.82, 2.24) is 14.5 Å². The van der Waals surface area contributed by atoms with E-state index < -0.39 is 0 Å². The van der Waals surface area contributed by atoms with Crippen LogP contribution in [0.3, 0.4) is 0 Å². The zero-order valence-electron chi connectivity index (χ0n) is 21.4. The summed E-state index contributed by atoms with van der Waals surface area (Å²) in [6.07, 6.45) is 5.69. The van der Waals surface area contributed by atoms with Crippen LogP contribution in [0, 0.1) is 0 Å². The molecule has 35 heavy (non-hydrogen) atoms. The molecule has 2 aromatic carbocycles. The van der Waals surface area contributed by atoms with Gasteiger partial charge in [0, 0.05) is 37.7 Å². The number of aryl methyl sites for hydroxylation is 1. The first-order valence-electron chi connectivity index (χ1n) is 13.2. The maximum atomic E-state index is 13.3. The highest BCUT2D eigenvalue weighted by Gasteiger charge is 2.35. The zero-order chi connectivity index (χ0) is 24.8. The number of hydrogen-bond donors (Lipinski definition) is 0. The summed E-state index contributed by atoms with van der Waals surface area (Å²) in [7, 11) is 0. The number of nitrogens with zero attached hydrogens (tertiary/aromatic N) is 4. The first kappa shape index (κ1) is 25.0. The molecule has 1 fully saturated rings. The Labute approximate surface area is 208 Å². The molecule has 2 amide bonds. The molecule has 0 N–H and O–H groups in total. The maximum Gasteiger partial charge on any atom is 0.242 e. The molecule has 1 aromatic heterocycles. The number of carbonyl (C=O) groups excluding carboxylic acids is 2. The molecule has 2 heterocycles. The Hall–Kier alpha value is -3.15. The third-order valence-corrected chi connectivity index (χ3v) is 6.87. The molecule has 186 valence electrons. The molecule has 1 unspecified atom stereocenters. The van der Waals surface area contributed by atoms with Gasteiger partial charge >= 0.3 is 0 Å². The van der Waals surface area contributed by atoms with Crippen LogP contribution in [0.4, 0.5) is 5.69 Å². The van der Waals surface area contributed by atoms with Crippen LogP contribution in [0.15, 0.2) is 48.5 Å². The van der Waals surface area contributed by atoms with Crippen LogP contribution in [-0.4, -0.2) is 45.9 Å². The molecule has 3 aromatic rings. The molecule has 0 aliphatic carbocycles. The molecule has 6 nitrogen and oxygen atoms in total. The second kappa shape index (κ2) is 11.5. The second-order valence-corrected chi connectivity index (χ2v) is 9.60. The van der Waals surface area contributed by atoms with Crippen LogP contribution in [0.2, 0.25) is 0 Å². The summed E-state index contributed by atoms with van der Waals surface area (Å²) in [4.78, 5) is 35.1. The molecule has 1 aliphatic rings. The first-order valence-corrected chi connectivity index (χ1v) is 13.2. The van der Waals surface area contributed by atoms with Crippen molar-refractivity contribution in [3.8, 4) is 0 Å². The molecule has 4 rings (SSSR count). The molecular weight excluding hydrogens is 436 g/mol. The lowest BCUT2D eigenvalue weighted by atomic mass is 10.1. The van der Waals surface area contributed by atoms with Gasteiger partial charge in [-0.2, -0.15) is 0 Å². The van der Waals surface area contributed by atoms with Crippen LogP contribution < -0.4 is 4.90 Å². The van der Waals surface area contributed by atoms with Gasteiger partial charge in [-0.05, 0) is 55.5 Å². The Morgan fingerprint density at radius 2 is 1.71 bits per heavy atom. The van der Waals surface area contributed by atoms with Gasteiger partial charge in [-0.15, -0.1) is 0 Å². The molecule has 1 aliphatic heterocycles. The van der Waals surface area contributed by atoms with Crippen LogP contribution in [0.5, 0.6) is 0 Å². The predicted molar refractivity (Wildman–Crippen MR) is 142 cm³/mol. The third kappa shape index (κ3) is 5.58. The first-order chi connectivity index (χ1) is 17.0. The van der Waals surface area contributed by atoms with Crippen molar-refractivity contribution >= 4 is 28.5 Å². The summed E-state index contributed by atoms with van der Waals surface area (Å²) in [5.74, 6) is 1.01. The van der Waals surface area contributed by atoms with Crippen molar-refractivity contribution in [2.75, 3.05) is 24.5 Å². The van der Waals surface area contributed by atoms with Gasteiger partial charge in [-0.1, -0.05) is 51.5 Å². The SMILES string of the molecule is CCCCc1ccc(N2CC(c3nc4ccccc4n3CC(=O)N(CCC)CCC)CC2=O)cc1. The van der Waals surface area contributed by atoms with Crippen molar-refractivity contribution in [2.45, 2.75) is 71.8 Å². The highest BCUT2D eigenvalue weighted by Crippen LogP contribution is 2.33. The lowest BCUT2D eigenvalue weighted by Gasteiger charge is -2.23. The lowest BCUT2D eigenvalue weighted by Crippen LogP contribution is -2.35. The van der Waals surface area contributed by atoms with Crippen molar-refractivity contribution in [3.63, 3.8) is 0 Å². The Kier molecular flexibility index (Phi) is 8.21. The molecule has 6 heteroatoms. The number of carbonyl (C=O) groups is 2. The number of imidazole rings is 1. The van der Waals surface area contributed by atoms with Crippen molar-refractivity contribution < 1.29 is 9.59 Å². The molecule has 0 bridgehead atoms. The summed E-state index contributed by atoms with van der Waals surface area (Å²) >= 11 is 0. The standard InChI is InChI=1S/C29H38N4O2/c1-4-7-10-22-13-15-24(16-14-22)32-20-23(19-27(32)34)29-30-25-11-8-9-12-26(25)33(29)21-28(35)31(17-5-2)18-6-3/h8-9,11-16,23H,4-7,10,17-21H2,1-3H3. The fraction of sp³-hybridized carbons (Fsp3) is 0.483. The predicted octanol–water partition coefficient (Wildman–Crippen LogP) is 5.55. The number of anilines is 1. The van der Waals surface area contributed by atoms with E-state index in [9.17, 15) is 9.59 Å². The third-order valence-electron chi connectivity index (χ3n) is 6.87. The molecule has 0 radical (unpaired) electrons. The number of amides is 2. The average molecular weight is 475 g/mol. The number of unbranched alkanes of at least 4 members (excludes halogenated alkanes) is 1. The fourth-order valence-corrected chi connectivity index (χ4v) is 5.06. The summed E-state index contributed by atoms with van der Waals surface area (Å²) in [5.41, 5.74) is 4.07. The number of fused-ring (bicyclic) bond motifs is 1. The lowest BCUT2D eigenvalue weighted by molar-refractivity contribution is -0.131. The highest BCUT2D eigenvalue weighted by molar-refractivity contribution is 5.96. The summed E-state index contributed by atoms with van der Waals surface area (Å²) in [6, 6.07) is 16.3. The minimum Gasteiger partial charge on any atom is -0.341 e. The van der Waals surface area contributed by atoms with Gasteiger partial charge in [-0.3, -0.25) is 9.59 Å². The van der Waals surface area contributed by atoms with E-state index in [1.54, 1.807) is 0 Å². The van der Waals surface area contributed by atoms with Gasteiger partial charge in [0.25, 0.3) is 0 Å². The number of para-hydroxylation sites is 2. The van der Waals surface area contributed by atoms with E-state index in [4.69, 9.17) is 4.98 Å². The summed E-state index contributed by atoms with van der Waals surface area (Å²) in [6.45, 7) is 8.76. The number of aromatic nitrogens is 2. The number of benzene rings is 2. The van der Waals surface area contributed by atoms with Gasteiger partial charge in [0.2, 0.25) is 11.8 Å². The summed E-state index contributed by atoms with van der Waals surface area (Å²) < 4.78 is 2.05. The molecular formula is C29H38N4O2. The number of rotatable bonds is 11. The quantitative estimate of drug-likeness (QED) is 0.366. The van der Waals surface area contributed by atoms with E-state index in [1.807, 2.05) is 38.6 Å². The Morgan fingerprint density at radius 3 is 2.40 bits per heavy atom. The van der Waals surface area contributed by atoms with E-state index >= 15 is 0 Å². The topological polar surface area (TPSA) is 58.4 Å². The van der Waals surface area contributed by atoms with Gasteiger partial charge in [-0.25, -0.2) is 4.98 Å². The van der Waals surface area contributed by atoms with E-state index in [0.717, 1.165) is 54.9 Å². The largest absolute Gasteiger partial charge is 0.341 e. The molecule has 1 saturated heterocycles. The summed E-state index contributed by atoms with van der Waals surface area (Å²) in [5, 5.41) is 0. The minimum atomic E-state index is -0.0479. The normalized spacial score (nSPS) is 15.8. The average Bonchev–Trinajstić information content (AvgIpc) is 3.43. The van der Waals surface area contributed by atoms with Crippen molar-refractivity contribution in [1.29, 1.82) is 0 Å². The van der Waals surface area contributed by atoms with Crippen LogP contribution in [0.1, 0.15) is 70.2 Å². The van der Waals surface area contributed by atoms with Gasteiger partial charge in [0.1, 0.15) is 12.4 Å². The van der Waals surface area contributed by atoms with E-state index in [1.165, 1.54) is 18.4 Å². The van der Waals surface area contributed by atoms with Crippen LogP contribution in [0.25, 0.3) is 11.0 Å². The second-order valence-electron chi connectivity index (χ2n) is 9.60. The maximum absolute atomic E-state index is 13.3. The van der Waals surface area contributed by atoms with Gasteiger partial charge in [0.15, 0.2) is 0 Å². The zero-order valence-corrected chi connectivity index (χ0v) is 21.4. The number of hydrogen-bond acceptors (Lipinski definition) is 3. The van der Waals surface area contributed by atoms with Crippen LogP contribution in [-0.2, 0) is 22.6 Å². The molecule has 1 atom stereocenters. The van der Waals surface area contributed by atoms with Crippen molar-refractivity contribution in [3.05, 3.63) is 59.9 Å². The molecule has 0 spiro atoms. The Balaban J connectivity index is 1.59. The highest BCUT2D eigenvalue weighted by atomic mass is 16.2. The van der Waals surface area contributed by atoms with E-state index in [2.05, 4.69) is 45.0 Å². The van der Waals surface area contributed by atoms with Gasteiger partial charge in [0.05, 0.1) is 11.0 Å². The monoisotopic (exact) mass is 474 g/mol. The minimum absolute atomic E-state index is 0.0479. The van der Waals surface area contributed by atoms with E-state index in [-0.39, 0.29) is 24.3 Å². The Bertz CT molecular complexity index is 1150. The van der Waals surface area contributed by atoms with Crippen LogP contribution >= 0.6 is 0 Å². The molecule has 0 saturated carbocycles. The smallest absolute Gasteiger partial charge is 0.242 e. The van der Waals surface area contributed by atoms with Crippen molar-refractivity contribution in [2.24, 2.45) is 0 Å².